The average Bonchev–Trinajstić information content (AvgIpc) is 2.57. The minimum absolute atomic E-state index is 0.337. The van der Waals surface area contributed by atoms with Gasteiger partial charge in [-0.05, 0) is 24.6 Å². The summed E-state index contributed by atoms with van der Waals surface area (Å²) < 4.78 is 1.11. The molecule has 0 amide bonds. The molecule has 1 fully saturated rings. The summed E-state index contributed by atoms with van der Waals surface area (Å²) in [4.78, 5) is 13.3. The minimum atomic E-state index is 0.337. The number of carbonyl (C=O) groups is 1. The lowest BCUT2D eigenvalue weighted by molar-refractivity contribution is -0.116. The number of hydrogen-bond donors (Lipinski definition) is 0. The largest absolute Gasteiger partial charge is 0.364 e. The highest BCUT2D eigenvalue weighted by molar-refractivity contribution is 9.10. The Morgan fingerprint density at radius 1 is 1.43 bits per heavy atom. The molecule has 0 saturated carbocycles. The summed E-state index contributed by atoms with van der Waals surface area (Å²) in [5, 5.41) is 0. The van der Waals surface area contributed by atoms with E-state index >= 15 is 0 Å². The molecule has 1 aliphatic rings. The van der Waals surface area contributed by atoms with Crippen molar-refractivity contribution in [1.82, 2.24) is 0 Å². The maximum atomic E-state index is 11.2. The van der Waals surface area contributed by atoms with Crippen molar-refractivity contribution in [3.63, 3.8) is 0 Å². The number of rotatable bonds is 1. The highest BCUT2D eigenvalue weighted by atomic mass is 79.9. The second kappa shape index (κ2) is 3.73. The molecule has 0 N–H and O–H groups in total. The second-order valence-corrected chi connectivity index (χ2v) is 4.45. The molecule has 74 valence electrons. The highest BCUT2D eigenvalue weighted by Crippen LogP contribution is 2.28. The molecule has 0 bridgehead atoms. The molecule has 2 nitrogen and oxygen atoms in total. The molecule has 0 aromatic heterocycles. The van der Waals surface area contributed by atoms with Gasteiger partial charge in [-0.15, -0.1) is 0 Å². The zero-order chi connectivity index (χ0) is 10.1. The van der Waals surface area contributed by atoms with E-state index in [1.54, 1.807) is 0 Å². The van der Waals surface area contributed by atoms with Gasteiger partial charge in [-0.2, -0.15) is 0 Å². The summed E-state index contributed by atoms with van der Waals surface area (Å²) in [5.41, 5.74) is 2.38. The van der Waals surface area contributed by atoms with Gasteiger partial charge >= 0.3 is 0 Å². The molecule has 1 aromatic carbocycles. The molecule has 0 unspecified atom stereocenters. The number of anilines is 1. The third-order valence-corrected chi connectivity index (χ3v) is 3.47. The Morgan fingerprint density at radius 3 is 2.86 bits per heavy atom. The Bertz CT molecular complexity index is 376. The normalized spacial score (nSPS) is 16.4. The maximum absolute atomic E-state index is 11.2. The van der Waals surface area contributed by atoms with Gasteiger partial charge < -0.3 is 4.90 Å². The van der Waals surface area contributed by atoms with E-state index in [1.165, 1.54) is 11.3 Å². The number of nitrogens with zero attached hydrogens (tertiary/aromatic N) is 1. The zero-order valence-corrected chi connectivity index (χ0v) is 9.67. The lowest BCUT2D eigenvalue weighted by atomic mass is 10.2. The van der Waals surface area contributed by atoms with Crippen LogP contribution in [0, 0.1) is 6.92 Å². The number of Topliss-reactive ketones (excluding diaryl/α,β-unsaturated/α-hetero) is 1. The van der Waals surface area contributed by atoms with Crippen LogP contribution >= 0.6 is 15.9 Å². The molecule has 0 spiro atoms. The monoisotopic (exact) mass is 253 g/mol. The van der Waals surface area contributed by atoms with Crippen molar-refractivity contribution in [2.45, 2.75) is 13.3 Å². The van der Waals surface area contributed by atoms with Crippen LogP contribution in [0.25, 0.3) is 0 Å². The summed E-state index contributed by atoms with van der Waals surface area (Å²) in [6.45, 7) is 3.50. The van der Waals surface area contributed by atoms with Gasteiger partial charge in [0, 0.05) is 23.1 Å². The van der Waals surface area contributed by atoms with E-state index in [0.29, 0.717) is 18.7 Å². The van der Waals surface area contributed by atoms with Crippen molar-refractivity contribution in [1.29, 1.82) is 0 Å². The Hall–Kier alpha value is -0.830. The number of ketones is 1. The van der Waals surface area contributed by atoms with Crippen LogP contribution < -0.4 is 4.90 Å². The predicted octanol–water partition coefficient (Wildman–Crippen LogP) is 2.54. The Balaban J connectivity index is 2.32. The van der Waals surface area contributed by atoms with Crippen LogP contribution in [0.3, 0.4) is 0 Å². The quantitative estimate of drug-likeness (QED) is 0.767. The molecule has 1 aromatic rings. The van der Waals surface area contributed by atoms with Crippen molar-refractivity contribution in [3.05, 3.63) is 28.2 Å². The summed E-state index contributed by atoms with van der Waals surface area (Å²) in [6.07, 6.45) is 0.686. The van der Waals surface area contributed by atoms with Gasteiger partial charge in [-0.3, -0.25) is 4.79 Å². The predicted molar refractivity (Wildman–Crippen MR) is 60.7 cm³/mol. The van der Waals surface area contributed by atoms with Crippen molar-refractivity contribution < 1.29 is 4.79 Å². The topological polar surface area (TPSA) is 20.3 Å². The van der Waals surface area contributed by atoms with Crippen LogP contribution in [0.2, 0.25) is 0 Å². The van der Waals surface area contributed by atoms with Crippen molar-refractivity contribution >= 4 is 27.4 Å². The van der Waals surface area contributed by atoms with Crippen LogP contribution in [-0.2, 0) is 4.79 Å². The number of hydrogen-bond acceptors (Lipinski definition) is 2. The summed E-state index contributed by atoms with van der Waals surface area (Å²) in [5.74, 6) is 0.337. The number of carbonyl (C=O) groups excluding carboxylic acids is 1. The molecular formula is C11H12BrNO. The van der Waals surface area contributed by atoms with Crippen molar-refractivity contribution in [3.8, 4) is 0 Å². The smallest absolute Gasteiger partial charge is 0.153 e. The van der Waals surface area contributed by atoms with Gasteiger partial charge in [0.1, 0.15) is 0 Å². The van der Waals surface area contributed by atoms with Crippen LogP contribution in [0.15, 0.2) is 22.7 Å². The minimum Gasteiger partial charge on any atom is -0.364 e. The van der Waals surface area contributed by atoms with E-state index in [-0.39, 0.29) is 0 Å². The molecule has 1 aliphatic heterocycles. The Kier molecular flexibility index (Phi) is 2.59. The molecule has 0 atom stereocenters. The van der Waals surface area contributed by atoms with Gasteiger partial charge in [0.15, 0.2) is 5.78 Å². The first-order valence-corrected chi connectivity index (χ1v) is 5.49. The van der Waals surface area contributed by atoms with E-state index in [1.807, 2.05) is 12.1 Å². The van der Waals surface area contributed by atoms with E-state index in [2.05, 4.69) is 33.8 Å². The zero-order valence-electron chi connectivity index (χ0n) is 8.09. The van der Waals surface area contributed by atoms with E-state index in [9.17, 15) is 4.79 Å². The summed E-state index contributed by atoms with van der Waals surface area (Å²) in [7, 11) is 0. The number of halogens is 1. The van der Waals surface area contributed by atoms with Gasteiger partial charge in [-0.25, -0.2) is 0 Å². The van der Waals surface area contributed by atoms with Gasteiger partial charge in [-0.1, -0.05) is 22.0 Å². The fraction of sp³-hybridized carbons (Fsp3) is 0.364. The van der Waals surface area contributed by atoms with Crippen molar-refractivity contribution in [2.75, 3.05) is 18.0 Å². The Labute approximate surface area is 92.0 Å². The van der Waals surface area contributed by atoms with Crippen LogP contribution in [-0.4, -0.2) is 18.9 Å². The van der Waals surface area contributed by atoms with E-state index in [0.717, 1.165) is 11.0 Å². The van der Waals surface area contributed by atoms with Crippen LogP contribution in [0.4, 0.5) is 5.69 Å². The highest BCUT2D eigenvalue weighted by Gasteiger charge is 2.20. The molecule has 14 heavy (non-hydrogen) atoms. The fourth-order valence-corrected chi connectivity index (χ4v) is 2.13. The van der Waals surface area contributed by atoms with Gasteiger partial charge in [0.2, 0.25) is 0 Å². The first kappa shape index (κ1) is 9.71. The van der Waals surface area contributed by atoms with Crippen LogP contribution in [0.5, 0.6) is 0 Å². The lowest BCUT2D eigenvalue weighted by Gasteiger charge is -2.19. The summed E-state index contributed by atoms with van der Waals surface area (Å²) in [6, 6.07) is 6.10. The fourth-order valence-electron chi connectivity index (χ4n) is 1.77. The van der Waals surface area contributed by atoms with E-state index in [4.69, 9.17) is 0 Å². The van der Waals surface area contributed by atoms with Crippen molar-refractivity contribution in [2.24, 2.45) is 0 Å². The Morgan fingerprint density at radius 2 is 2.21 bits per heavy atom. The standard InChI is InChI=1S/C11H12BrNO/c1-8-10(12)3-2-4-11(8)13-6-5-9(14)7-13/h2-4H,5-7H2,1H3. The van der Waals surface area contributed by atoms with E-state index < -0.39 is 0 Å². The molecule has 2 rings (SSSR count). The first-order chi connectivity index (χ1) is 6.68. The van der Waals surface area contributed by atoms with Gasteiger partial charge in [0.05, 0.1) is 6.54 Å². The van der Waals surface area contributed by atoms with Gasteiger partial charge in [0.25, 0.3) is 0 Å². The first-order valence-electron chi connectivity index (χ1n) is 4.70. The van der Waals surface area contributed by atoms with Crippen LogP contribution in [0.1, 0.15) is 12.0 Å². The third kappa shape index (κ3) is 1.69. The number of benzene rings is 1. The molecule has 1 saturated heterocycles. The molecule has 3 heteroatoms. The maximum Gasteiger partial charge on any atom is 0.153 e. The third-order valence-electron chi connectivity index (χ3n) is 2.61. The second-order valence-electron chi connectivity index (χ2n) is 3.59. The molecule has 0 aliphatic carbocycles. The lowest BCUT2D eigenvalue weighted by Crippen LogP contribution is -2.20. The molecular weight excluding hydrogens is 242 g/mol. The molecule has 0 radical (unpaired) electrons. The SMILES string of the molecule is Cc1c(Br)cccc1N1CCC(=O)C1. The summed E-state index contributed by atoms with van der Waals surface area (Å²) >= 11 is 3.50. The average molecular weight is 254 g/mol. The molecule has 1 heterocycles.